The molecule has 0 bridgehead atoms. The molecule has 0 fully saturated rings. The van der Waals surface area contributed by atoms with E-state index in [1.807, 2.05) is 0 Å². The maximum atomic E-state index is 5.16. The van der Waals surface area contributed by atoms with Crippen LogP contribution in [0.5, 0.6) is 5.88 Å². The number of rotatable bonds is 1. The van der Waals surface area contributed by atoms with Crippen molar-refractivity contribution < 1.29 is 4.74 Å². The van der Waals surface area contributed by atoms with Gasteiger partial charge in [-0.05, 0) is 11.5 Å². The van der Waals surface area contributed by atoms with Crippen LogP contribution < -0.4 is 10.1 Å². The van der Waals surface area contributed by atoms with E-state index in [4.69, 9.17) is 4.74 Å². The van der Waals surface area contributed by atoms with E-state index in [-0.39, 0.29) is 0 Å². The third-order valence-electron chi connectivity index (χ3n) is 2.18. The Morgan fingerprint density at radius 2 is 2.50 bits per heavy atom. The molecule has 4 heteroatoms. The number of nitrogens with one attached hydrogen (secondary N) is 1. The topological polar surface area (TPSA) is 34.1 Å². The third-order valence-corrected chi connectivity index (χ3v) is 3.28. The molecule has 0 saturated carbocycles. The minimum atomic E-state index is 0.579. The second-order valence-corrected chi connectivity index (χ2v) is 3.87. The van der Waals surface area contributed by atoms with E-state index >= 15 is 0 Å². The van der Waals surface area contributed by atoms with E-state index in [9.17, 15) is 0 Å². The molecule has 66 valence electrons. The summed E-state index contributed by atoms with van der Waals surface area (Å²) < 4.78 is 9.41. The van der Waals surface area contributed by atoms with Gasteiger partial charge < -0.3 is 10.1 Å². The SMILES string of the molecule is COc1nsc2c1CNCC2C. The molecule has 1 aromatic rings. The van der Waals surface area contributed by atoms with E-state index in [1.54, 1.807) is 18.6 Å². The highest BCUT2D eigenvalue weighted by atomic mass is 32.1. The Morgan fingerprint density at radius 3 is 3.25 bits per heavy atom. The molecule has 1 aliphatic rings. The van der Waals surface area contributed by atoms with Gasteiger partial charge in [-0.3, -0.25) is 0 Å². The van der Waals surface area contributed by atoms with Gasteiger partial charge in [-0.1, -0.05) is 6.92 Å². The first-order valence-electron chi connectivity index (χ1n) is 4.06. The largest absolute Gasteiger partial charge is 0.480 e. The van der Waals surface area contributed by atoms with Crippen molar-refractivity contribution in [1.82, 2.24) is 9.69 Å². The number of hydrogen-bond donors (Lipinski definition) is 1. The average Bonchev–Trinajstić information content (AvgIpc) is 2.49. The summed E-state index contributed by atoms with van der Waals surface area (Å²) in [6.07, 6.45) is 0. The molecule has 2 heterocycles. The lowest BCUT2D eigenvalue weighted by Gasteiger charge is -2.18. The van der Waals surface area contributed by atoms with Gasteiger partial charge in [0.15, 0.2) is 0 Å². The zero-order valence-electron chi connectivity index (χ0n) is 7.26. The summed E-state index contributed by atoms with van der Waals surface area (Å²) in [5.41, 5.74) is 1.25. The maximum absolute atomic E-state index is 5.16. The van der Waals surface area contributed by atoms with Crippen molar-refractivity contribution in [3.63, 3.8) is 0 Å². The molecule has 1 atom stereocenters. The van der Waals surface area contributed by atoms with Crippen molar-refractivity contribution in [2.24, 2.45) is 0 Å². The molecule has 12 heavy (non-hydrogen) atoms. The highest BCUT2D eigenvalue weighted by Gasteiger charge is 2.22. The van der Waals surface area contributed by atoms with Gasteiger partial charge in [0, 0.05) is 29.4 Å². The van der Waals surface area contributed by atoms with Gasteiger partial charge in [-0.25, -0.2) is 0 Å². The highest BCUT2D eigenvalue weighted by molar-refractivity contribution is 7.06. The van der Waals surface area contributed by atoms with Crippen LogP contribution in [0.2, 0.25) is 0 Å². The monoisotopic (exact) mass is 184 g/mol. The second-order valence-electron chi connectivity index (χ2n) is 3.07. The van der Waals surface area contributed by atoms with Crippen LogP contribution in [0, 0.1) is 0 Å². The van der Waals surface area contributed by atoms with Crippen molar-refractivity contribution in [2.75, 3.05) is 13.7 Å². The smallest absolute Gasteiger partial charge is 0.229 e. The van der Waals surface area contributed by atoms with Crippen LogP contribution in [-0.4, -0.2) is 18.0 Å². The van der Waals surface area contributed by atoms with Gasteiger partial charge in [0.1, 0.15) is 0 Å². The summed E-state index contributed by atoms with van der Waals surface area (Å²) in [7, 11) is 1.68. The molecule has 0 amide bonds. The van der Waals surface area contributed by atoms with Crippen molar-refractivity contribution >= 4 is 11.5 Å². The lowest BCUT2D eigenvalue weighted by Crippen LogP contribution is -2.25. The van der Waals surface area contributed by atoms with Crippen LogP contribution in [0.4, 0.5) is 0 Å². The van der Waals surface area contributed by atoms with Crippen molar-refractivity contribution in [3.8, 4) is 5.88 Å². The van der Waals surface area contributed by atoms with Gasteiger partial charge in [0.2, 0.25) is 5.88 Å². The molecule has 0 spiro atoms. The molecule has 3 nitrogen and oxygen atoms in total. The Hall–Kier alpha value is -0.610. The summed E-state index contributed by atoms with van der Waals surface area (Å²) in [4.78, 5) is 1.38. The fourth-order valence-corrected chi connectivity index (χ4v) is 2.42. The molecule has 1 aliphatic heterocycles. The average molecular weight is 184 g/mol. The Labute approximate surface area is 75.9 Å². The summed E-state index contributed by atoms with van der Waals surface area (Å²) in [6, 6.07) is 0. The van der Waals surface area contributed by atoms with Gasteiger partial charge in [0.25, 0.3) is 0 Å². The van der Waals surface area contributed by atoms with E-state index in [2.05, 4.69) is 16.6 Å². The number of hydrogen-bond acceptors (Lipinski definition) is 4. The van der Waals surface area contributed by atoms with Gasteiger partial charge in [-0.2, -0.15) is 4.37 Å². The normalized spacial score (nSPS) is 22.0. The molecule has 1 N–H and O–H groups in total. The molecule has 1 aromatic heterocycles. The maximum Gasteiger partial charge on any atom is 0.229 e. The van der Waals surface area contributed by atoms with Crippen molar-refractivity contribution in [2.45, 2.75) is 19.4 Å². The highest BCUT2D eigenvalue weighted by Crippen LogP contribution is 2.33. The number of nitrogens with zero attached hydrogens (tertiary/aromatic N) is 1. The second kappa shape index (κ2) is 3.03. The van der Waals surface area contributed by atoms with Gasteiger partial charge >= 0.3 is 0 Å². The van der Waals surface area contributed by atoms with E-state index in [0.717, 1.165) is 19.0 Å². The first kappa shape index (κ1) is 8.01. The summed E-state index contributed by atoms with van der Waals surface area (Å²) in [5.74, 6) is 1.38. The van der Waals surface area contributed by atoms with Crippen LogP contribution in [0.3, 0.4) is 0 Å². The van der Waals surface area contributed by atoms with E-state index in [1.165, 1.54) is 10.4 Å². The summed E-state index contributed by atoms with van der Waals surface area (Å²) in [5, 5.41) is 3.34. The lowest BCUT2D eigenvalue weighted by atomic mass is 10.0. The van der Waals surface area contributed by atoms with Gasteiger partial charge in [-0.15, -0.1) is 0 Å². The summed E-state index contributed by atoms with van der Waals surface area (Å²) in [6.45, 7) is 4.17. The molecule has 1 unspecified atom stereocenters. The predicted molar refractivity (Wildman–Crippen MR) is 48.8 cm³/mol. The first-order chi connectivity index (χ1) is 5.83. The van der Waals surface area contributed by atoms with E-state index < -0.39 is 0 Å². The molecule has 2 rings (SSSR count). The molecule has 0 aromatic carbocycles. The Morgan fingerprint density at radius 1 is 1.67 bits per heavy atom. The fraction of sp³-hybridized carbons (Fsp3) is 0.625. The fourth-order valence-electron chi connectivity index (χ4n) is 1.52. The van der Waals surface area contributed by atoms with Crippen LogP contribution in [-0.2, 0) is 6.54 Å². The quantitative estimate of drug-likeness (QED) is 0.715. The van der Waals surface area contributed by atoms with Crippen LogP contribution >= 0.6 is 11.5 Å². The minimum absolute atomic E-state index is 0.579. The van der Waals surface area contributed by atoms with Crippen molar-refractivity contribution in [1.29, 1.82) is 0 Å². The zero-order valence-corrected chi connectivity index (χ0v) is 8.07. The molecule has 0 aliphatic carbocycles. The summed E-state index contributed by atoms with van der Waals surface area (Å²) >= 11 is 1.57. The molecular formula is C8H12N2OS. The Kier molecular flexibility index (Phi) is 2.02. The Balaban J connectivity index is 2.41. The third kappa shape index (κ3) is 1.11. The van der Waals surface area contributed by atoms with Gasteiger partial charge in [0.05, 0.1) is 7.11 Å². The molecular weight excluding hydrogens is 172 g/mol. The van der Waals surface area contributed by atoms with Crippen LogP contribution in [0.25, 0.3) is 0 Å². The number of ether oxygens (including phenoxy) is 1. The molecule has 0 saturated heterocycles. The lowest BCUT2D eigenvalue weighted by molar-refractivity contribution is 0.392. The predicted octanol–water partition coefficient (Wildman–Crippen LogP) is 1.36. The number of aromatic nitrogens is 1. The van der Waals surface area contributed by atoms with Crippen molar-refractivity contribution in [3.05, 3.63) is 10.4 Å². The zero-order chi connectivity index (χ0) is 8.55. The standard InChI is InChI=1S/C8H12N2OS/c1-5-3-9-4-6-7(5)12-10-8(6)11-2/h5,9H,3-4H2,1-2H3. The first-order valence-corrected chi connectivity index (χ1v) is 4.83. The number of fused-ring (bicyclic) bond motifs is 1. The minimum Gasteiger partial charge on any atom is -0.480 e. The van der Waals surface area contributed by atoms with E-state index in [0.29, 0.717) is 5.92 Å². The Bertz CT molecular complexity index is 285. The molecule has 0 radical (unpaired) electrons. The van der Waals surface area contributed by atoms with Crippen LogP contribution in [0.15, 0.2) is 0 Å². The van der Waals surface area contributed by atoms with Crippen LogP contribution in [0.1, 0.15) is 23.3 Å². The number of methoxy groups -OCH3 is 1.